The SMILES string of the molecule is Cl/C(=C\c1ccc(Br)cc1)c1ccc(Cl)cc1.Clc1ccc(C#Cc2ccc(Br)cc2)cc1. The molecule has 33 heavy (non-hydrogen) atoms. The van der Waals surface area contributed by atoms with Gasteiger partial charge in [-0.15, -0.1) is 0 Å². The van der Waals surface area contributed by atoms with Crippen molar-refractivity contribution >= 4 is 77.8 Å². The van der Waals surface area contributed by atoms with Crippen molar-refractivity contribution < 1.29 is 0 Å². The molecule has 0 saturated heterocycles. The highest BCUT2D eigenvalue weighted by atomic mass is 79.9. The van der Waals surface area contributed by atoms with Gasteiger partial charge in [-0.3, -0.25) is 0 Å². The summed E-state index contributed by atoms with van der Waals surface area (Å²) in [6.45, 7) is 0. The van der Waals surface area contributed by atoms with Crippen molar-refractivity contribution in [2.45, 2.75) is 0 Å². The molecule has 0 aliphatic rings. The molecule has 0 radical (unpaired) electrons. The Bertz CT molecular complexity index is 1220. The van der Waals surface area contributed by atoms with Gasteiger partial charge in [0, 0.05) is 35.1 Å². The van der Waals surface area contributed by atoms with E-state index in [9.17, 15) is 0 Å². The van der Waals surface area contributed by atoms with Gasteiger partial charge in [0.05, 0.1) is 0 Å². The van der Waals surface area contributed by atoms with Crippen LogP contribution in [0.5, 0.6) is 0 Å². The fraction of sp³-hybridized carbons (Fsp3) is 0. The predicted molar refractivity (Wildman–Crippen MR) is 151 cm³/mol. The number of rotatable bonds is 2. The van der Waals surface area contributed by atoms with Crippen molar-refractivity contribution in [3.63, 3.8) is 0 Å². The zero-order valence-electron chi connectivity index (χ0n) is 17.2. The molecule has 0 bridgehead atoms. The van der Waals surface area contributed by atoms with Gasteiger partial charge in [-0.05, 0) is 90.0 Å². The second-order valence-electron chi connectivity index (χ2n) is 6.81. The van der Waals surface area contributed by atoms with E-state index in [4.69, 9.17) is 34.8 Å². The van der Waals surface area contributed by atoms with Crippen LogP contribution in [0.1, 0.15) is 22.3 Å². The molecule has 0 heterocycles. The van der Waals surface area contributed by atoms with Crippen molar-refractivity contribution in [1.29, 1.82) is 0 Å². The first-order chi connectivity index (χ1) is 15.9. The molecule has 0 saturated carbocycles. The van der Waals surface area contributed by atoms with E-state index in [0.717, 1.165) is 36.2 Å². The van der Waals surface area contributed by atoms with Crippen LogP contribution in [-0.2, 0) is 0 Å². The average Bonchev–Trinajstić information content (AvgIpc) is 2.82. The minimum absolute atomic E-state index is 0.698. The van der Waals surface area contributed by atoms with Crippen LogP contribution >= 0.6 is 66.7 Å². The fourth-order valence-electron chi connectivity index (χ4n) is 2.61. The normalized spacial score (nSPS) is 10.5. The lowest BCUT2D eigenvalue weighted by atomic mass is 10.1. The predicted octanol–water partition coefficient (Wildman–Crippen LogP) is 10.3. The van der Waals surface area contributed by atoms with Gasteiger partial charge in [0.1, 0.15) is 0 Å². The van der Waals surface area contributed by atoms with Crippen molar-refractivity contribution in [2.75, 3.05) is 0 Å². The molecule has 0 atom stereocenters. The molecule has 4 aromatic rings. The lowest BCUT2D eigenvalue weighted by Gasteiger charge is -2.00. The summed E-state index contributed by atoms with van der Waals surface area (Å²) in [6.07, 6.45) is 1.93. The zero-order chi connectivity index (χ0) is 23.6. The quantitative estimate of drug-likeness (QED) is 0.155. The second-order valence-corrected chi connectivity index (χ2v) is 9.93. The lowest BCUT2D eigenvalue weighted by Crippen LogP contribution is -1.77. The number of halogens is 5. The molecule has 164 valence electrons. The first kappa shape index (κ1) is 25.6. The Hall–Kier alpha value is -1.99. The summed E-state index contributed by atoms with van der Waals surface area (Å²) in [5.41, 5.74) is 3.98. The maximum absolute atomic E-state index is 6.24. The van der Waals surface area contributed by atoms with Crippen LogP contribution in [0.15, 0.2) is 106 Å². The molecule has 0 fully saturated rings. The van der Waals surface area contributed by atoms with Crippen molar-refractivity contribution in [3.8, 4) is 11.8 Å². The number of hydrogen-bond donors (Lipinski definition) is 0. The summed E-state index contributed by atoms with van der Waals surface area (Å²) < 4.78 is 2.11. The third kappa shape index (κ3) is 9.05. The van der Waals surface area contributed by atoms with Crippen molar-refractivity contribution in [2.24, 2.45) is 0 Å². The highest BCUT2D eigenvalue weighted by Crippen LogP contribution is 2.24. The van der Waals surface area contributed by atoms with Gasteiger partial charge in [0.2, 0.25) is 0 Å². The fourth-order valence-corrected chi connectivity index (χ4v) is 3.64. The monoisotopic (exact) mass is 616 g/mol. The smallest absolute Gasteiger partial charge is 0.0484 e. The van der Waals surface area contributed by atoms with Gasteiger partial charge >= 0.3 is 0 Å². The molecular formula is C28H17Br2Cl3. The molecular weight excluding hydrogens is 602 g/mol. The molecule has 4 rings (SSSR count). The van der Waals surface area contributed by atoms with E-state index in [1.807, 2.05) is 103 Å². The van der Waals surface area contributed by atoms with Crippen LogP contribution in [0.3, 0.4) is 0 Å². The number of benzene rings is 4. The Morgan fingerprint density at radius 1 is 0.576 bits per heavy atom. The molecule has 0 aliphatic heterocycles. The van der Waals surface area contributed by atoms with Gasteiger partial charge in [-0.25, -0.2) is 0 Å². The Morgan fingerprint density at radius 2 is 0.970 bits per heavy atom. The zero-order valence-corrected chi connectivity index (χ0v) is 22.6. The standard InChI is InChI=1S/C14H9BrCl2.C14H8BrCl/c15-12-5-1-10(2-6-12)9-14(17)11-3-7-13(16)8-4-11;15-13-7-3-11(4-8-13)1-2-12-5-9-14(16)10-6-12/h1-9H;3-10H/b14-9-;. The molecule has 0 amide bonds. The highest BCUT2D eigenvalue weighted by molar-refractivity contribution is 9.10. The summed E-state index contributed by atoms with van der Waals surface area (Å²) in [7, 11) is 0. The lowest BCUT2D eigenvalue weighted by molar-refractivity contribution is 1.59. The average molecular weight is 620 g/mol. The Labute approximate surface area is 226 Å². The Balaban J connectivity index is 0.000000186. The van der Waals surface area contributed by atoms with E-state index in [1.165, 1.54) is 0 Å². The maximum Gasteiger partial charge on any atom is 0.0484 e. The molecule has 0 unspecified atom stereocenters. The topological polar surface area (TPSA) is 0 Å². The third-order valence-corrected chi connectivity index (χ3v) is 6.21. The summed E-state index contributed by atoms with van der Waals surface area (Å²) in [4.78, 5) is 0. The Kier molecular flexibility index (Phi) is 10.1. The summed E-state index contributed by atoms with van der Waals surface area (Å²) in [6, 6.07) is 30.9. The molecule has 0 spiro atoms. The second kappa shape index (κ2) is 13.0. The number of hydrogen-bond acceptors (Lipinski definition) is 0. The maximum atomic E-state index is 6.24. The van der Waals surface area contributed by atoms with Gasteiger partial charge < -0.3 is 0 Å². The van der Waals surface area contributed by atoms with Crippen molar-refractivity contribution in [1.82, 2.24) is 0 Å². The van der Waals surface area contributed by atoms with Crippen molar-refractivity contribution in [3.05, 3.63) is 138 Å². The molecule has 0 N–H and O–H groups in total. The van der Waals surface area contributed by atoms with Gasteiger partial charge in [0.15, 0.2) is 0 Å². The van der Waals surface area contributed by atoms with E-state index in [0.29, 0.717) is 10.1 Å². The van der Waals surface area contributed by atoms with E-state index < -0.39 is 0 Å². The molecule has 0 nitrogen and oxygen atoms in total. The van der Waals surface area contributed by atoms with E-state index >= 15 is 0 Å². The first-order valence-corrected chi connectivity index (χ1v) is 12.5. The van der Waals surface area contributed by atoms with Gasteiger partial charge in [0.25, 0.3) is 0 Å². The third-order valence-electron chi connectivity index (χ3n) is 4.32. The summed E-state index contributed by atoms with van der Waals surface area (Å²) >= 11 is 24.6. The van der Waals surface area contributed by atoms with E-state index in [2.05, 4.69) is 43.7 Å². The van der Waals surface area contributed by atoms with Gasteiger partial charge in [-0.2, -0.15) is 0 Å². The van der Waals surface area contributed by atoms with E-state index in [-0.39, 0.29) is 0 Å². The molecule has 0 aromatic heterocycles. The summed E-state index contributed by atoms with van der Waals surface area (Å²) in [5, 5.41) is 2.14. The largest absolute Gasteiger partial charge is 0.0843 e. The van der Waals surface area contributed by atoms with Crippen LogP contribution in [0.25, 0.3) is 11.1 Å². The summed E-state index contributed by atoms with van der Waals surface area (Å²) in [5.74, 6) is 6.18. The minimum atomic E-state index is 0.698. The molecule has 0 aliphatic carbocycles. The van der Waals surface area contributed by atoms with Crippen LogP contribution in [0, 0.1) is 11.8 Å². The highest BCUT2D eigenvalue weighted by Gasteiger charge is 1.98. The van der Waals surface area contributed by atoms with Crippen LogP contribution in [0.2, 0.25) is 10.0 Å². The minimum Gasteiger partial charge on any atom is -0.0843 e. The first-order valence-electron chi connectivity index (χ1n) is 9.81. The Morgan fingerprint density at radius 3 is 1.45 bits per heavy atom. The molecule has 4 aromatic carbocycles. The van der Waals surface area contributed by atoms with Crippen LogP contribution < -0.4 is 0 Å². The van der Waals surface area contributed by atoms with E-state index in [1.54, 1.807) is 0 Å². The molecule has 5 heteroatoms. The van der Waals surface area contributed by atoms with Crippen LogP contribution in [0.4, 0.5) is 0 Å². The van der Waals surface area contributed by atoms with Crippen LogP contribution in [-0.4, -0.2) is 0 Å². The van der Waals surface area contributed by atoms with Gasteiger partial charge in [-0.1, -0.05) is 103 Å².